The van der Waals surface area contributed by atoms with Crippen LogP contribution in [0.25, 0.3) is 0 Å². The van der Waals surface area contributed by atoms with Crippen molar-refractivity contribution in [1.82, 2.24) is 5.32 Å². The molecule has 0 atom stereocenters. The molecule has 0 saturated carbocycles. The van der Waals surface area contributed by atoms with Crippen LogP contribution in [0.2, 0.25) is 0 Å². The number of nitrogens with one attached hydrogen (secondary N) is 1. The fourth-order valence-corrected chi connectivity index (χ4v) is 4.32. The molecule has 25 heavy (non-hydrogen) atoms. The molecule has 1 aliphatic heterocycles. The van der Waals surface area contributed by atoms with E-state index in [1.165, 1.54) is 28.5 Å². The van der Waals surface area contributed by atoms with Gasteiger partial charge in [-0.2, -0.15) is 11.8 Å². The molecule has 0 bridgehead atoms. The molecule has 0 radical (unpaired) electrons. The zero-order chi connectivity index (χ0) is 17.5. The van der Waals surface area contributed by atoms with Gasteiger partial charge in [-0.25, -0.2) is 0 Å². The highest BCUT2D eigenvalue weighted by Gasteiger charge is 2.12. The summed E-state index contributed by atoms with van der Waals surface area (Å²) < 4.78 is 0. The third-order valence-electron chi connectivity index (χ3n) is 4.18. The fourth-order valence-electron chi connectivity index (χ4n) is 2.72. The van der Waals surface area contributed by atoms with E-state index >= 15 is 0 Å². The van der Waals surface area contributed by atoms with E-state index < -0.39 is 0 Å². The highest BCUT2D eigenvalue weighted by Crippen LogP contribution is 2.20. The first-order valence-electron chi connectivity index (χ1n) is 8.47. The van der Waals surface area contributed by atoms with E-state index in [4.69, 9.17) is 0 Å². The summed E-state index contributed by atoms with van der Waals surface area (Å²) in [6, 6.07) is 12.0. The average Bonchev–Trinajstić information content (AvgIpc) is 3.20. The number of ketones is 1. The van der Waals surface area contributed by atoms with Crippen molar-refractivity contribution in [3.05, 3.63) is 52.2 Å². The van der Waals surface area contributed by atoms with Crippen LogP contribution in [0.1, 0.15) is 28.1 Å². The SMILES string of the molecule is O=C(CCC(=O)c1cccs1)NCc1ccc(N2CCSCC2)cc1. The number of benzene rings is 1. The minimum atomic E-state index is -0.0814. The molecule has 0 spiro atoms. The van der Waals surface area contributed by atoms with Gasteiger partial charge in [0.2, 0.25) is 5.91 Å². The Kier molecular flexibility index (Phi) is 6.53. The van der Waals surface area contributed by atoms with Crippen molar-refractivity contribution in [2.45, 2.75) is 19.4 Å². The number of nitrogens with zero attached hydrogens (tertiary/aromatic N) is 1. The fraction of sp³-hybridized carbons (Fsp3) is 0.368. The number of amides is 1. The second-order valence-corrected chi connectivity index (χ2v) is 8.12. The van der Waals surface area contributed by atoms with Crippen molar-refractivity contribution < 1.29 is 9.59 Å². The van der Waals surface area contributed by atoms with Crippen molar-refractivity contribution in [1.29, 1.82) is 0 Å². The molecule has 0 unspecified atom stereocenters. The van der Waals surface area contributed by atoms with Crippen molar-refractivity contribution in [3.8, 4) is 0 Å². The van der Waals surface area contributed by atoms with Crippen molar-refractivity contribution >= 4 is 40.5 Å². The summed E-state index contributed by atoms with van der Waals surface area (Å²) in [6.07, 6.45) is 0.499. The third kappa shape index (κ3) is 5.34. The van der Waals surface area contributed by atoms with Crippen molar-refractivity contribution in [2.24, 2.45) is 0 Å². The first-order valence-corrected chi connectivity index (χ1v) is 10.5. The van der Waals surface area contributed by atoms with E-state index in [1.54, 1.807) is 6.07 Å². The van der Waals surface area contributed by atoms with E-state index in [1.807, 2.05) is 23.2 Å². The minimum Gasteiger partial charge on any atom is -0.370 e. The van der Waals surface area contributed by atoms with Crippen LogP contribution in [0.3, 0.4) is 0 Å². The summed E-state index contributed by atoms with van der Waals surface area (Å²) in [6.45, 7) is 2.69. The van der Waals surface area contributed by atoms with Gasteiger partial charge in [-0.3, -0.25) is 9.59 Å². The molecule has 1 aromatic carbocycles. The number of rotatable bonds is 7. The molecule has 0 aliphatic carbocycles. The van der Waals surface area contributed by atoms with Gasteiger partial charge in [0.25, 0.3) is 0 Å². The zero-order valence-electron chi connectivity index (χ0n) is 14.1. The lowest BCUT2D eigenvalue weighted by Crippen LogP contribution is -2.32. The lowest BCUT2D eigenvalue weighted by Gasteiger charge is -2.28. The lowest BCUT2D eigenvalue weighted by molar-refractivity contribution is -0.121. The van der Waals surface area contributed by atoms with Crippen LogP contribution >= 0.6 is 23.1 Å². The lowest BCUT2D eigenvalue weighted by atomic mass is 10.1. The van der Waals surface area contributed by atoms with Gasteiger partial charge < -0.3 is 10.2 Å². The van der Waals surface area contributed by atoms with Crippen LogP contribution < -0.4 is 10.2 Å². The highest BCUT2D eigenvalue weighted by molar-refractivity contribution is 7.99. The van der Waals surface area contributed by atoms with Crippen LogP contribution in [0, 0.1) is 0 Å². The number of thioether (sulfide) groups is 1. The molecule has 2 heterocycles. The average molecular weight is 375 g/mol. The van der Waals surface area contributed by atoms with Gasteiger partial charge in [0.15, 0.2) is 5.78 Å². The van der Waals surface area contributed by atoms with Gasteiger partial charge in [-0.05, 0) is 29.1 Å². The summed E-state index contributed by atoms with van der Waals surface area (Å²) >= 11 is 3.42. The van der Waals surface area contributed by atoms with E-state index in [2.05, 4.69) is 34.5 Å². The third-order valence-corrected chi connectivity index (χ3v) is 6.03. The Morgan fingerprint density at radius 2 is 1.80 bits per heavy atom. The zero-order valence-corrected chi connectivity index (χ0v) is 15.7. The molecular weight excluding hydrogens is 352 g/mol. The maximum Gasteiger partial charge on any atom is 0.220 e. The number of thiophene rings is 1. The van der Waals surface area contributed by atoms with Crippen LogP contribution in [-0.2, 0) is 11.3 Å². The monoisotopic (exact) mass is 374 g/mol. The standard InChI is InChI=1S/C19H22N2O2S2/c22-17(18-2-1-11-25-18)7-8-19(23)20-14-15-3-5-16(6-4-15)21-9-12-24-13-10-21/h1-6,11H,7-10,12-14H2,(H,20,23). The molecule has 132 valence electrons. The second-order valence-electron chi connectivity index (χ2n) is 5.94. The number of Topliss-reactive ketones (excluding diaryl/α,β-unsaturated/α-hetero) is 1. The van der Waals surface area contributed by atoms with E-state index in [9.17, 15) is 9.59 Å². The molecular formula is C19H22N2O2S2. The first kappa shape index (κ1) is 18.0. The van der Waals surface area contributed by atoms with E-state index in [0.717, 1.165) is 23.5 Å². The maximum absolute atomic E-state index is 11.9. The number of carbonyl (C=O) groups excluding carboxylic acids is 2. The van der Waals surface area contributed by atoms with E-state index in [0.29, 0.717) is 6.54 Å². The normalized spacial score (nSPS) is 14.3. The molecule has 1 amide bonds. The minimum absolute atomic E-state index is 0.0363. The Bertz CT molecular complexity index is 693. The Morgan fingerprint density at radius 1 is 1.04 bits per heavy atom. The molecule has 3 rings (SSSR count). The molecule has 4 nitrogen and oxygen atoms in total. The summed E-state index contributed by atoms with van der Waals surface area (Å²) in [5.41, 5.74) is 2.32. The summed E-state index contributed by atoms with van der Waals surface area (Å²) in [7, 11) is 0. The van der Waals surface area contributed by atoms with Gasteiger partial charge >= 0.3 is 0 Å². The van der Waals surface area contributed by atoms with Gasteiger partial charge in [0.05, 0.1) is 4.88 Å². The molecule has 2 aromatic rings. The number of carbonyl (C=O) groups is 2. The van der Waals surface area contributed by atoms with Crippen LogP contribution in [0.15, 0.2) is 41.8 Å². The smallest absolute Gasteiger partial charge is 0.220 e. The van der Waals surface area contributed by atoms with Gasteiger partial charge in [0, 0.05) is 49.7 Å². The Morgan fingerprint density at radius 3 is 2.48 bits per heavy atom. The molecule has 6 heteroatoms. The molecule has 1 saturated heterocycles. The van der Waals surface area contributed by atoms with Gasteiger partial charge in [0.1, 0.15) is 0 Å². The summed E-state index contributed by atoms with van der Waals surface area (Å²) in [5.74, 6) is 2.32. The van der Waals surface area contributed by atoms with Gasteiger partial charge in [-0.15, -0.1) is 11.3 Å². The molecule has 1 N–H and O–H groups in total. The Hall–Kier alpha value is -1.79. The predicted molar refractivity (Wildman–Crippen MR) is 106 cm³/mol. The summed E-state index contributed by atoms with van der Waals surface area (Å²) in [5, 5.41) is 4.77. The number of anilines is 1. The number of hydrogen-bond donors (Lipinski definition) is 1. The largest absolute Gasteiger partial charge is 0.370 e. The van der Waals surface area contributed by atoms with Crippen molar-refractivity contribution in [3.63, 3.8) is 0 Å². The molecule has 1 fully saturated rings. The second kappa shape index (κ2) is 9.06. The molecule has 1 aliphatic rings. The van der Waals surface area contributed by atoms with Crippen LogP contribution in [0.4, 0.5) is 5.69 Å². The molecule has 1 aromatic heterocycles. The maximum atomic E-state index is 11.9. The quantitative estimate of drug-likeness (QED) is 0.753. The Labute approximate surface area is 156 Å². The van der Waals surface area contributed by atoms with E-state index in [-0.39, 0.29) is 24.5 Å². The topological polar surface area (TPSA) is 49.4 Å². The number of hydrogen-bond acceptors (Lipinski definition) is 5. The summed E-state index contributed by atoms with van der Waals surface area (Å²) in [4.78, 5) is 27.0. The van der Waals surface area contributed by atoms with Crippen LogP contribution in [0.5, 0.6) is 0 Å². The van der Waals surface area contributed by atoms with Crippen molar-refractivity contribution in [2.75, 3.05) is 29.5 Å². The highest BCUT2D eigenvalue weighted by atomic mass is 32.2. The predicted octanol–water partition coefficient (Wildman–Crippen LogP) is 3.58. The van der Waals surface area contributed by atoms with Crippen LogP contribution in [-0.4, -0.2) is 36.3 Å². The van der Waals surface area contributed by atoms with Gasteiger partial charge in [-0.1, -0.05) is 18.2 Å². The first-order chi connectivity index (χ1) is 12.2. The Balaban J connectivity index is 1.41.